The Balaban J connectivity index is 1.03. The average Bonchev–Trinajstić information content (AvgIpc) is 3.90. The van der Waals surface area contributed by atoms with Gasteiger partial charge in [-0.05, 0) is 55.3 Å². The molecule has 2 aromatic carbocycles. The highest BCUT2D eigenvalue weighted by atomic mass is 32.2. The lowest BCUT2D eigenvalue weighted by molar-refractivity contribution is -0.137. The number of carbonyl (C=O) groups excluding carboxylic acids is 4. The maximum atomic E-state index is 13.6. The van der Waals surface area contributed by atoms with Crippen LogP contribution in [0.25, 0.3) is 0 Å². The number of allylic oxidation sites excluding steroid dienone is 2. The summed E-state index contributed by atoms with van der Waals surface area (Å²) in [5.74, 6) is 1.44. The fraction of sp³-hybridized carbons (Fsp3) is 0.500. The fourth-order valence-corrected chi connectivity index (χ4v) is 10.8. The third kappa shape index (κ3) is 9.88. The number of thioether (sulfide) groups is 2. The molecule has 0 radical (unpaired) electrons. The first-order valence-electron chi connectivity index (χ1n) is 18.0. The molecule has 51 heavy (non-hydrogen) atoms. The van der Waals surface area contributed by atoms with Gasteiger partial charge in [0.15, 0.2) is 5.78 Å². The Kier molecular flexibility index (Phi) is 12.6. The molecule has 13 heteroatoms. The van der Waals surface area contributed by atoms with Crippen LogP contribution in [-0.4, -0.2) is 74.8 Å². The SMILES string of the molecule is O=C(O)CCCC[C@@H]1SCC2CC(NNC(=O)C(Cc3ccc(C(=O)c4ccccc4)cc3)NC(=O)CCCC[C@@H]3SCC4NC(=O)NC43)=CC21. The zero-order valence-electron chi connectivity index (χ0n) is 28.6. The number of urea groups is 1. The molecule has 4 amide bonds. The molecule has 5 unspecified atom stereocenters. The minimum absolute atomic E-state index is 0.0810. The molecule has 2 aromatic rings. The van der Waals surface area contributed by atoms with E-state index in [1.165, 1.54) is 0 Å². The van der Waals surface area contributed by atoms with Crippen molar-refractivity contribution in [2.75, 3.05) is 11.5 Å². The van der Waals surface area contributed by atoms with Gasteiger partial charge in [-0.2, -0.15) is 23.5 Å². The normalized spacial score (nSPS) is 25.2. The van der Waals surface area contributed by atoms with Gasteiger partial charge in [0, 0.05) is 52.3 Å². The van der Waals surface area contributed by atoms with E-state index in [0.29, 0.717) is 46.3 Å². The molecular formula is C38H47N5O6S2. The van der Waals surface area contributed by atoms with Gasteiger partial charge in [-0.3, -0.25) is 24.6 Å². The van der Waals surface area contributed by atoms with Gasteiger partial charge in [-0.1, -0.05) is 73.5 Å². The van der Waals surface area contributed by atoms with Crippen LogP contribution >= 0.6 is 23.5 Å². The van der Waals surface area contributed by atoms with Crippen molar-refractivity contribution in [3.05, 3.63) is 83.1 Å². The number of rotatable bonds is 18. The molecule has 3 saturated heterocycles. The van der Waals surface area contributed by atoms with Crippen molar-refractivity contribution in [3.63, 3.8) is 0 Å². The summed E-state index contributed by atoms with van der Waals surface area (Å²) in [7, 11) is 0. The van der Waals surface area contributed by atoms with Crippen LogP contribution in [0.4, 0.5) is 4.79 Å². The molecule has 11 nitrogen and oxygen atoms in total. The minimum atomic E-state index is -0.828. The molecule has 1 aliphatic carbocycles. The van der Waals surface area contributed by atoms with Crippen LogP contribution < -0.4 is 26.8 Å². The van der Waals surface area contributed by atoms with Gasteiger partial charge in [0.05, 0.1) is 12.1 Å². The number of aliphatic carboxylic acids is 1. The highest BCUT2D eigenvalue weighted by molar-refractivity contribution is 8.00. The molecule has 4 aliphatic rings. The smallest absolute Gasteiger partial charge is 0.315 e. The highest BCUT2D eigenvalue weighted by Gasteiger charge is 2.42. The van der Waals surface area contributed by atoms with E-state index in [4.69, 9.17) is 5.11 Å². The number of hydrogen-bond acceptors (Lipinski definition) is 8. The van der Waals surface area contributed by atoms with Crippen LogP contribution in [-0.2, 0) is 20.8 Å². The van der Waals surface area contributed by atoms with Crippen molar-refractivity contribution in [2.24, 2.45) is 11.8 Å². The van der Waals surface area contributed by atoms with Crippen LogP contribution in [0.15, 0.2) is 66.4 Å². The van der Waals surface area contributed by atoms with Crippen LogP contribution in [0.3, 0.4) is 0 Å². The molecule has 0 bridgehead atoms. The third-order valence-corrected chi connectivity index (χ3v) is 13.4. The molecule has 6 rings (SSSR count). The van der Waals surface area contributed by atoms with E-state index in [1.54, 1.807) is 24.3 Å². The standard InChI is InChI=1S/C38H47N5O6S2/c44-33(12-6-4-11-32-35-30(22-51-32)40-38(49)41-35)39-29(18-23-14-16-25(17-15-23)36(47)24-8-2-1-3-9-24)37(48)43-42-27-19-26-21-50-31(28(26)20-27)10-5-7-13-34(45)46/h1-3,8-9,14-17,20,26,28-32,35,42H,4-7,10-13,18-19,21-22H2,(H,39,44)(H,43,48)(H,45,46)(H2,40,41,49)/t26?,28?,29?,30?,31-,32-,35?/m0/s1. The van der Waals surface area contributed by atoms with E-state index >= 15 is 0 Å². The Hall–Kier alpha value is -3.97. The largest absolute Gasteiger partial charge is 0.481 e. The number of fused-ring (bicyclic) bond motifs is 2. The lowest BCUT2D eigenvalue weighted by atomic mass is 9.92. The van der Waals surface area contributed by atoms with Crippen molar-refractivity contribution in [1.82, 2.24) is 26.8 Å². The lowest BCUT2D eigenvalue weighted by Crippen LogP contribution is -2.51. The monoisotopic (exact) mass is 733 g/mol. The molecule has 7 atom stereocenters. The average molecular weight is 734 g/mol. The summed E-state index contributed by atoms with van der Waals surface area (Å²) in [5, 5.41) is 18.7. The molecule has 0 aromatic heterocycles. The van der Waals surface area contributed by atoms with Crippen molar-refractivity contribution < 1.29 is 29.1 Å². The van der Waals surface area contributed by atoms with Gasteiger partial charge in [-0.15, -0.1) is 0 Å². The summed E-state index contributed by atoms with van der Waals surface area (Å²) in [5.41, 5.74) is 8.93. The summed E-state index contributed by atoms with van der Waals surface area (Å²) in [4.78, 5) is 62.3. The first kappa shape index (κ1) is 36.8. The molecular weight excluding hydrogens is 687 g/mol. The van der Waals surface area contributed by atoms with Gasteiger partial charge in [-0.25, -0.2) is 4.79 Å². The predicted octanol–water partition coefficient (Wildman–Crippen LogP) is 4.57. The number of carbonyl (C=O) groups is 5. The summed E-state index contributed by atoms with van der Waals surface area (Å²) in [6, 6.07) is 15.6. The van der Waals surface area contributed by atoms with Crippen LogP contribution in [0, 0.1) is 11.8 Å². The molecule has 272 valence electrons. The molecule has 6 N–H and O–H groups in total. The molecule has 3 fully saturated rings. The van der Waals surface area contributed by atoms with Crippen molar-refractivity contribution in [1.29, 1.82) is 0 Å². The number of unbranched alkanes of at least 4 members (excludes halogenated alkanes) is 2. The maximum absolute atomic E-state index is 13.6. The Morgan fingerprint density at radius 1 is 0.843 bits per heavy atom. The Morgan fingerprint density at radius 3 is 2.31 bits per heavy atom. The van der Waals surface area contributed by atoms with E-state index in [2.05, 4.69) is 32.9 Å². The second-order valence-corrected chi connectivity index (χ2v) is 16.5. The number of benzene rings is 2. The van der Waals surface area contributed by atoms with Crippen molar-refractivity contribution >= 4 is 53.1 Å². The number of ketones is 1. The number of nitrogens with one attached hydrogen (secondary N) is 5. The number of hydrazine groups is 1. The molecule has 3 heterocycles. The van der Waals surface area contributed by atoms with E-state index in [-0.39, 0.29) is 55.0 Å². The number of carboxylic acid groups (broad SMARTS) is 1. The molecule has 0 spiro atoms. The molecule has 3 aliphatic heterocycles. The number of hydrogen-bond donors (Lipinski definition) is 6. The van der Waals surface area contributed by atoms with E-state index in [1.807, 2.05) is 53.9 Å². The van der Waals surface area contributed by atoms with Crippen molar-refractivity contribution in [2.45, 2.75) is 92.8 Å². The quantitative estimate of drug-likeness (QED) is 0.0557. The van der Waals surface area contributed by atoms with E-state index < -0.39 is 12.0 Å². The number of amides is 4. The fourth-order valence-electron chi connectivity index (χ4n) is 7.55. The summed E-state index contributed by atoms with van der Waals surface area (Å²) >= 11 is 3.81. The Labute approximate surface area is 307 Å². The first-order chi connectivity index (χ1) is 24.7. The van der Waals surface area contributed by atoms with Crippen LogP contribution in [0.1, 0.15) is 79.3 Å². The van der Waals surface area contributed by atoms with E-state index in [9.17, 15) is 24.0 Å². The highest BCUT2D eigenvalue weighted by Crippen LogP contribution is 2.47. The van der Waals surface area contributed by atoms with Crippen LogP contribution in [0.5, 0.6) is 0 Å². The maximum Gasteiger partial charge on any atom is 0.315 e. The Morgan fingerprint density at radius 2 is 1.55 bits per heavy atom. The second-order valence-electron chi connectivity index (χ2n) is 13.9. The van der Waals surface area contributed by atoms with E-state index in [0.717, 1.165) is 54.9 Å². The van der Waals surface area contributed by atoms with Gasteiger partial charge >= 0.3 is 12.0 Å². The topological polar surface area (TPSA) is 166 Å². The summed E-state index contributed by atoms with van der Waals surface area (Å²) < 4.78 is 0. The summed E-state index contributed by atoms with van der Waals surface area (Å²) in [6.45, 7) is 0. The van der Waals surface area contributed by atoms with Gasteiger partial charge < -0.3 is 26.5 Å². The zero-order valence-corrected chi connectivity index (χ0v) is 30.2. The van der Waals surface area contributed by atoms with Gasteiger partial charge in [0.1, 0.15) is 6.04 Å². The van der Waals surface area contributed by atoms with Gasteiger partial charge in [0.2, 0.25) is 5.91 Å². The van der Waals surface area contributed by atoms with Crippen LogP contribution in [0.2, 0.25) is 0 Å². The molecule has 0 saturated carbocycles. The first-order valence-corrected chi connectivity index (χ1v) is 20.1. The third-order valence-electron chi connectivity index (χ3n) is 10.3. The predicted molar refractivity (Wildman–Crippen MR) is 199 cm³/mol. The second kappa shape index (κ2) is 17.5. The van der Waals surface area contributed by atoms with Crippen molar-refractivity contribution in [3.8, 4) is 0 Å². The summed E-state index contributed by atoms with van der Waals surface area (Å²) in [6.07, 6.45) is 8.77. The Bertz CT molecular complexity index is 1610. The lowest BCUT2D eigenvalue weighted by Gasteiger charge is -2.20. The van der Waals surface area contributed by atoms with Gasteiger partial charge in [0.25, 0.3) is 5.91 Å². The number of carboxylic acids is 1. The minimum Gasteiger partial charge on any atom is -0.481 e. The zero-order chi connectivity index (χ0) is 35.7.